The number of halogens is 2. The van der Waals surface area contributed by atoms with Crippen LogP contribution in [0.4, 0.5) is 5.82 Å². The molecule has 1 amide bonds. The number of hydrogen-bond acceptors (Lipinski definition) is 3. The third kappa shape index (κ3) is 3.42. The van der Waals surface area contributed by atoms with Crippen molar-refractivity contribution in [3.8, 4) is 0 Å². The molecule has 1 fully saturated rings. The van der Waals surface area contributed by atoms with Gasteiger partial charge < -0.3 is 0 Å². The Labute approximate surface area is 206 Å². The molecule has 4 aromatic rings. The van der Waals surface area contributed by atoms with Crippen molar-refractivity contribution in [3.05, 3.63) is 108 Å². The summed E-state index contributed by atoms with van der Waals surface area (Å²) in [7, 11) is 0. The predicted octanol–water partition coefficient (Wildman–Crippen LogP) is 5.08. The van der Waals surface area contributed by atoms with Gasteiger partial charge >= 0.3 is 207 Å². The summed E-state index contributed by atoms with van der Waals surface area (Å²) in [5.41, 5.74) is -0.305. The number of anilines is 1. The van der Waals surface area contributed by atoms with Gasteiger partial charge in [-0.25, -0.2) is 0 Å². The van der Waals surface area contributed by atoms with E-state index >= 15 is 0 Å². The van der Waals surface area contributed by atoms with Gasteiger partial charge in [-0.05, 0) is 0 Å². The topological polar surface area (TPSA) is 46.1 Å². The van der Waals surface area contributed by atoms with E-state index in [2.05, 4.69) is 62.1 Å². The fraction of sp³-hybridized carbons (Fsp3) is 0.115. The number of carbonyl (C=O) groups excluding carboxylic acids is 1. The van der Waals surface area contributed by atoms with Crippen molar-refractivity contribution in [3.63, 3.8) is 0 Å². The molecule has 166 valence electrons. The molecule has 0 aliphatic carbocycles. The maximum atomic E-state index is 14.2. The molecule has 2 heterocycles. The van der Waals surface area contributed by atoms with Gasteiger partial charge in [0, 0.05) is 0 Å². The summed E-state index contributed by atoms with van der Waals surface area (Å²) in [6.07, 6.45) is 0.685. The number of aromatic nitrogens is 2. The summed E-state index contributed by atoms with van der Waals surface area (Å²) >= 11 is 10.4. The first-order valence-electron chi connectivity index (χ1n) is 10.7. The van der Waals surface area contributed by atoms with E-state index in [1.807, 2.05) is 54.6 Å². The molecule has 1 saturated heterocycles. The number of carbonyl (C=O) groups is 1. The van der Waals surface area contributed by atoms with Gasteiger partial charge in [-0.2, -0.15) is 0 Å². The summed E-state index contributed by atoms with van der Waals surface area (Å²) in [5.74, 6) is 0.566. The first-order chi connectivity index (χ1) is 16.0. The molecule has 3 aromatic carbocycles. The normalized spacial score (nSPS) is 17.5. The number of rotatable bonds is 5. The molecule has 1 aliphatic rings. The third-order valence-electron chi connectivity index (χ3n) is 6.44. The summed E-state index contributed by atoms with van der Waals surface area (Å²) in [6.45, 7) is 0.565. The quantitative estimate of drug-likeness (QED) is 0.333. The minimum atomic E-state index is -3.42. The second-order valence-electron chi connectivity index (χ2n) is 8.09. The van der Waals surface area contributed by atoms with E-state index in [4.69, 9.17) is 11.6 Å². The molecular formula is C26H22BrClN3OP. The van der Waals surface area contributed by atoms with Gasteiger partial charge in [-0.15, -0.1) is 0 Å². The molecule has 33 heavy (non-hydrogen) atoms. The Balaban J connectivity index is 1.78. The van der Waals surface area contributed by atoms with Crippen molar-refractivity contribution >= 4 is 60.0 Å². The van der Waals surface area contributed by atoms with Crippen LogP contribution in [0.5, 0.6) is 0 Å². The zero-order chi connectivity index (χ0) is 22.9. The standard InChI is InChI=1S/C26H22BrClN3OP/c27-33(20-10-4-1-5-11-20,21-12-6-2-7-13-21,22-14-8-3-9-15-22)23-18-19-31(26(23)32)25-17-16-24(28)29-30-25/h1-17,23H,18-19H2. The zero-order valence-electron chi connectivity index (χ0n) is 17.8. The average Bonchev–Trinajstić information content (AvgIpc) is 3.28. The molecule has 7 heteroatoms. The van der Waals surface area contributed by atoms with Gasteiger partial charge in [-0.3, -0.25) is 0 Å². The molecule has 1 aromatic heterocycles. The SMILES string of the molecule is O=C1C(P(Br)(c2ccccc2)(c2ccccc2)c2ccccc2)CCN1c1ccc(Cl)nn1. The van der Waals surface area contributed by atoms with Crippen molar-refractivity contribution in [1.29, 1.82) is 0 Å². The average molecular weight is 539 g/mol. The molecular weight excluding hydrogens is 517 g/mol. The van der Waals surface area contributed by atoms with Gasteiger partial charge in [0.15, 0.2) is 0 Å². The summed E-state index contributed by atoms with van der Waals surface area (Å²) < 4.78 is 0. The van der Waals surface area contributed by atoms with Crippen LogP contribution in [0.1, 0.15) is 6.42 Å². The molecule has 5 rings (SSSR count). The monoisotopic (exact) mass is 537 g/mol. The van der Waals surface area contributed by atoms with Crippen LogP contribution >= 0.6 is 32.4 Å². The van der Waals surface area contributed by atoms with Gasteiger partial charge in [0.05, 0.1) is 0 Å². The summed E-state index contributed by atoms with van der Waals surface area (Å²) in [4.78, 5) is 15.9. The van der Waals surface area contributed by atoms with E-state index in [1.54, 1.807) is 17.0 Å². The van der Waals surface area contributed by atoms with Crippen molar-refractivity contribution < 1.29 is 4.79 Å². The van der Waals surface area contributed by atoms with Crippen molar-refractivity contribution in [1.82, 2.24) is 10.2 Å². The Morgan fingerprint density at radius 3 is 1.67 bits per heavy atom. The van der Waals surface area contributed by atoms with Gasteiger partial charge in [-0.1, -0.05) is 0 Å². The Morgan fingerprint density at radius 1 is 0.758 bits per heavy atom. The second kappa shape index (κ2) is 8.64. The van der Waals surface area contributed by atoms with Crippen LogP contribution < -0.4 is 20.8 Å². The fourth-order valence-electron chi connectivity index (χ4n) is 4.94. The predicted molar refractivity (Wildman–Crippen MR) is 142 cm³/mol. The number of amides is 1. The van der Waals surface area contributed by atoms with Crippen molar-refractivity contribution in [2.75, 3.05) is 11.4 Å². The first-order valence-corrected chi connectivity index (χ1v) is 15.4. The molecule has 1 unspecified atom stereocenters. The maximum absolute atomic E-state index is 14.2. The minimum absolute atomic E-state index is 0.0396. The molecule has 1 aliphatic heterocycles. The zero-order valence-corrected chi connectivity index (χ0v) is 21.0. The van der Waals surface area contributed by atoms with Crippen LogP contribution in [-0.2, 0) is 4.79 Å². The molecule has 0 saturated carbocycles. The van der Waals surface area contributed by atoms with E-state index < -0.39 is 5.31 Å². The number of hydrogen-bond donors (Lipinski definition) is 0. The second-order valence-corrected chi connectivity index (χ2v) is 17.2. The van der Waals surface area contributed by atoms with Crippen LogP contribution in [0.3, 0.4) is 0 Å². The number of nitrogens with zero attached hydrogens (tertiary/aromatic N) is 3. The van der Waals surface area contributed by atoms with Gasteiger partial charge in [0.2, 0.25) is 0 Å². The Bertz CT molecular complexity index is 1170. The van der Waals surface area contributed by atoms with Gasteiger partial charge in [0.25, 0.3) is 0 Å². The first kappa shape index (κ1) is 22.2. The number of benzene rings is 3. The molecule has 0 N–H and O–H groups in total. The molecule has 0 spiro atoms. The molecule has 1 atom stereocenters. The van der Waals surface area contributed by atoms with Crippen LogP contribution in [0.15, 0.2) is 103 Å². The van der Waals surface area contributed by atoms with E-state index in [1.165, 1.54) is 0 Å². The molecule has 0 bridgehead atoms. The Morgan fingerprint density at radius 2 is 1.24 bits per heavy atom. The molecule has 0 radical (unpaired) electrons. The van der Waals surface area contributed by atoms with Crippen molar-refractivity contribution in [2.45, 2.75) is 12.1 Å². The van der Waals surface area contributed by atoms with Crippen molar-refractivity contribution in [2.24, 2.45) is 0 Å². The summed E-state index contributed by atoms with van der Waals surface area (Å²) in [5, 5.41) is 8.42. The van der Waals surface area contributed by atoms with Crippen LogP contribution in [0.25, 0.3) is 0 Å². The third-order valence-corrected chi connectivity index (χ3v) is 17.4. The van der Waals surface area contributed by atoms with Gasteiger partial charge in [0.1, 0.15) is 0 Å². The molecule has 4 nitrogen and oxygen atoms in total. The Kier molecular flexibility index (Phi) is 5.82. The van der Waals surface area contributed by atoms with Crippen LogP contribution in [-0.4, -0.2) is 28.3 Å². The Hall–Kier alpha value is -2.59. The summed E-state index contributed by atoms with van der Waals surface area (Å²) in [6, 6.07) is 34.6. The fourth-order valence-corrected chi connectivity index (χ4v) is 13.7. The van der Waals surface area contributed by atoms with E-state index in [-0.39, 0.29) is 11.6 Å². The van der Waals surface area contributed by atoms with E-state index in [0.717, 1.165) is 15.9 Å². The van der Waals surface area contributed by atoms with Crippen LogP contribution in [0.2, 0.25) is 5.15 Å². The van der Waals surface area contributed by atoms with E-state index in [9.17, 15) is 4.79 Å². The van der Waals surface area contributed by atoms with Crippen LogP contribution in [0, 0.1) is 0 Å². The van der Waals surface area contributed by atoms with E-state index in [0.29, 0.717) is 23.9 Å².